The molecule has 0 bridgehead atoms. The Kier molecular flexibility index (Phi) is 2.82. The van der Waals surface area contributed by atoms with E-state index in [1.165, 1.54) is 13.1 Å². The van der Waals surface area contributed by atoms with Crippen molar-refractivity contribution in [3.05, 3.63) is 32.6 Å². The number of nitrogens with one attached hydrogen (secondary N) is 2. The van der Waals surface area contributed by atoms with Crippen molar-refractivity contribution in [2.45, 2.75) is 13.5 Å². The first kappa shape index (κ1) is 10.2. The maximum Gasteiger partial charge on any atom is 0.328 e. The summed E-state index contributed by atoms with van der Waals surface area (Å²) in [4.78, 5) is 35.0. The number of aryl methyl sites for hydroxylation is 1. The molecule has 0 aliphatic carbocycles. The van der Waals surface area contributed by atoms with Crippen LogP contribution in [0.15, 0.2) is 15.8 Å². The lowest BCUT2D eigenvalue weighted by atomic mass is 10.4. The molecule has 0 saturated carbocycles. The smallest absolute Gasteiger partial charge is 0.293 e. The van der Waals surface area contributed by atoms with E-state index in [-0.39, 0.29) is 6.54 Å². The van der Waals surface area contributed by atoms with Gasteiger partial charge in [0.2, 0.25) is 0 Å². The van der Waals surface area contributed by atoms with E-state index in [0.717, 1.165) is 4.57 Å². The second-order valence-electron chi connectivity index (χ2n) is 2.77. The topological polar surface area (TPSA) is 110 Å². The molecule has 0 unspecified atom stereocenters. The van der Waals surface area contributed by atoms with Crippen molar-refractivity contribution >= 4 is 5.91 Å². The van der Waals surface area contributed by atoms with Crippen molar-refractivity contribution in [2.24, 2.45) is 5.84 Å². The Morgan fingerprint density at radius 2 is 2.29 bits per heavy atom. The molecule has 0 atom stereocenters. The number of nitrogens with two attached hydrogens (primary N) is 1. The van der Waals surface area contributed by atoms with Gasteiger partial charge in [0.05, 0.1) is 0 Å². The van der Waals surface area contributed by atoms with Gasteiger partial charge in [-0.2, -0.15) is 0 Å². The van der Waals surface area contributed by atoms with Crippen molar-refractivity contribution in [1.29, 1.82) is 0 Å². The molecule has 1 heterocycles. The van der Waals surface area contributed by atoms with Crippen LogP contribution in [-0.2, 0) is 11.3 Å². The third-order valence-corrected chi connectivity index (χ3v) is 1.66. The van der Waals surface area contributed by atoms with E-state index in [1.807, 2.05) is 5.43 Å². The monoisotopic (exact) mass is 198 g/mol. The number of H-pyrrole nitrogens is 1. The molecule has 4 N–H and O–H groups in total. The number of hydrazine groups is 1. The van der Waals surface area contributed by atoms with E-state index in [1.54, 1.807) is 0 Å². The van der Waals surface area contributed by atoms with Crippen LogP contribution in [0.25, 0.3) is 0 Å². The average molecular weight is 198 g/mol. The van der Waals surface area contributed by atoms with Crippen LogP contribution in [0.4, 0.5) is 0 Å². The molecule has 1 aromatic heterocycles. The molecule has 1 aromatic rings. The van der Waals surface area contributed by atoms with E-state index in [4.69, 9.17) is 5.84 Å². The molecule has 1 amide bonds. The molecule has 7 heteroatoms. The molecule has 0 aromatic carbocycles. The molecule has 0 saturated heterocycles. The zero-order valence-electron chi connectivity index (χ0n) is 7.53. The Hall–Kier alpha value is -1.89. The molecular formula is C7H10N4O3. The van der Waals surface area contributed by atoms with Gasteiger partial charge in [0, 0.05) is 11.8 Å². The molecule has 0 fully saturated rings. The number of aromatic amines is 1. The first-order chi connectivity index (χ1) is 6.54. The van der Waals surface area contributed by atoms with Crippen LogP contribution >= 0.6 is 0 Å². The number of aromatic nitrogens is 2. The van der Waals surface area contributed by atoms with Gasteiger partial charge in [-0.1, -0.05) is 0 Å². The van der Waals surface area contributed by atoms with E-state index in [2.05, 4.69) is 4.98 Å². The summed E-state index contributed by atoms with van der Waals surface area (Å²) in [6, 6.07) is 0. The summed E-state index contributed by atoms with van der Waals surface area (Å²) in [7, 11) is 0. The molecule has 0 spiro atoms. The second kappa shape index (κ2) is 3.88. The summed E-state index contributed by atoms with van der Waals surface area (Å²) < 4.78 is 1.07. The number of hydrogen-bond acceptors (Lipinski definition) is 4. The summed E-state index contributed by atoms with van der Waals surface area (Å²) in [5.41, 5.74) is 1.15. The number of nitrogens with zero attached hydrogens (tertiary/aromatic N) is 1. The minimum atomic E-state index is -0.635. The maximum atomic E-state index is 11.1. The van der Waals surface area contributed by atoms with Crippen LogP contribution in [-0.4, -0.2) is 15.5 Å². The molecule has 0 aliphatic heterocycles. The molecule has 76 valence electrons. The lowest BCUT2D eigenvalue weighted by molar-refractivity contribution is -0.121. The SMILES string of the molecule is Cc1cn(CC(=O)NN)c(=O)[nH]c1=O. The highest BCUT2D eigenvalue weighted by molar-refractivity contribution is 5.74. The standard InChI is InChI=1S/C7H10N4O3/c1-4-2-11(3-5(12)10-8)7(14)9-6(4)13/h2H,3,8H2,1H3,(H,10,12)(H,9,13,14). The van der Waals surface area contributed by atoms with Crippen LogP contribution in [0.5, 0.6) is 0 Å². The quantitative estimate of drug-likeness (QED) is 0.285. The van der Waals surface area contributed by atoms with E-state index in [0.29, 0.717) is 5.56 Å². The fraction of sp³-hybridized carbons (Fsp3) is 0.286. The Morgan fingerprint density at radius 3 is 2.86 bits per heavy atom. The summed E-state index contributed by atoms with van der Waals surface area (Å²) in [5.74, 6) is 4.34. The van der Waals surface area contributed by atoms with E-state index in [9.17, 15) is 14.4 Å². The fourth-order valence-electron chi connectivity index (χ4n) is 0.936. The number of rotatable bonds is 2. The Balaban J connectivity index is 3.11. The van der Waals surface area contributed by atoms with Gasteiger partial charge in [0.25, 0.3) is 11.5 Å². The largest absolute Gasteiger partial charge is 0.328 e. The van der Waals surface area contributed by atoms with Crippen molar-refractivity contribution in [3.8, 4) is 0 Å². The third kappa shape index (κ3) is 2.07. The molecular weight excluding hydrogens is 188 g/mol. The Bertz CT molecular complexity index is 459. The van der Waals surface area contributed by atoms with Gasteiger partial charge >= 0.3 is 5.69 Å². The zero-order valence-corrected chi connectivity index (χ0v) is 7.53. The van der Waals surface area contributed by atoms with Crippen LogP contribution in [0, 0.1) is 6.92 Å². The van der Waals surface area contributed by atoms with E-state index < -0.39 is 17.2 Å². The highest BCUT2D eigenvalue weighted by Crippen LogP contribution is 1.83. The maximum absolute atomic E-state index is 11.1. The van der Waals surface area contributed by atoms with Gasteiger partial charge in [0.1, 0.15) is 6.54 Å². The molecule has 14 heavy (non-hydrogen) atoms. The number of hydrogen-bond donors (Lipinski definition) is 3. The van der Waals surface area contributed by atoms with Crippen molar-refractivity contribution in [3.63, 3.8) is 0 Å². The lowest BCUT2D eigenvalue weighted by Gasteiger charge is -2.03. The van der Waals surface area contributed by atoms with Crippen molar-refractivity contribution in [1.82, 2.24) is 15.0 Å². The summed E-state index contributed by atoms with van der Waals surface area (Å²) in [5, 5.41) is 0. The Morgan fingerprint density at radius 1 is 1.64 bits per heavy atom. The first-order valence-electron chi connectivity index (χ1n) is 3.84. The van der Waals surface area contributed by atoms with Crippen LogP contribution in [0.1, 0.15) is 5.56 Å². The third-order valence-electron chi connectivity index (χ3n) is 1.66. The molecule has 7 nitrogen and oxygen atoms in total. The fourth-order valence-corrected chi connectivity index (χ4v) is 0.936. The van der Waals surface area contributed by atoms with Crippen molar-refractivity contribution in [2.75, 3.05) is 0 Å². The second-order valence-corrected chi connectivity index (χ2v) is 2.77. The zero-order chi connectivity index (χ0) is 10.7. The van der Waals surface area contributed by atoms with Gasteiger partial charge in [-0.15, -0.1) is 0 Å². The number of carbonyl (C=O) groups is 1. The van der Waals surface area contributed by atoms with Crippen LogP contribution in [0.3, 0.4) is 0 Å². The first-order valence-corrected chi connectivity index (χ1v) is 3.84. The van der Waals surface area contributed by atoms with Crippen LogP contribution in [0.2, 0.25) is 0 Å². The molecule has 0 aliphatic rings. The van der Waals surface area contributed by atoms with Gasteiger partial charge < -0.3 is 0 Å². The predicted molar refractivity (Wildman–Crippen MR) is 48.4 cm³/mol. The van der Waals surface area contributed by atoms with Gasteiger partial charge in [-0.25, -0.2) is 10.6 Å². The van der Waals surface area contributed by atoms with E-state index >= 15 is 0 Å². The van der Waals surface area contributed by atoms with Gasteiger partial charge in [-0.3, -0.25) is 24.6 Å². The van der Waals surface area contributed by atoms with Gasteiger partial charge in [-0.05, 0) is 6.92 Å². The molecule has 1 rings (SSSR count). The Labute approximate surface area is 78.5 Å². The predicted octanol–water partition coefficient (Wildman–Crippen LogP) is -2.17. The van der Waals surface area contributed by atoms with Crippen LogP contribution < -0.4 is 22.5 Å². The van der Waals surface area contributed by atoms with Gasteiger partial charge in [0.15, 0.2) is 0 Å². The highest BCUT2D eigenvalue weighted by Gasteiger charge is 2.04. The summed E-state index contributed by atoms with van der Waals surface area (Å²) in [6.07, 6.45) is 1.30. The number of amides is 1. The summed E-state index contributed by atoms with van der Waals surface area (Å²) in [6.45, 7) is 1.32. The molecule has 0 radical (unpaired) electrons. The minimum absolute atomic E-state index is 0.215. The van der Waals surface area contributed by atoms with Crippen molar-refractivity contribution < 1.29 is 4.79 Å². The highest BCUT2D eigenvalue weighted by atomic mass is 16.2. The minimum Gasteiger partial charge on any atom is -0.293 e. The average Bonchev–Trinajstić information content (AvgIpc) is 2.14. The normalized spacial score (nSPS) is 9.86. The summed E-state index contributed by atoms with van der Waals surface area (Å²) >= 11 is 0. The lowest BCUT2D eigenvalue weighted by Crippen LogP contribution is -2.38. The number of carbonyl (C=O) groups excluding carboxylic acids is 1.